The summed E-state index contributed by atoms with van der Waals surface area (Å²) in [5.74, 6) is 0. The van der Waals surface area contributed by atoms with Crippen molar-refractivity contribution >= 4 is 97.0 Å². The van der Waals surface area contributed by atoms with E-state index >= 15 is 0 Å². The van der Waals surface area contributed by atoms with Crippen LogP contribution in [0.25, 0.3) is 141 Å². The Morgan fingerprint density at radius 2 is 0.446 bits per heavy atom. The van der Waals surface area contributed by atoms with Crippen molar-refractivity contribution in [2.45, 2.75) is 52.4 Å². The van der Waals surface area contributed by atoms with E-state index < -0.39 is 0 Å². The van der Waals surface area contributed by atoms with Crippen LogP contribution in [0.5, 0.6) is 0 Å². The van der Waals surface area contributed by atoms with E-state index in [4.69, 9.17) is 0 Å². The second kappa shape index (κ2) is 16.5. The van der Waals surface area contributed by atoms with Gasteiger partial charge in [-0.15, -0.1) is 0 Å². The van der Waals surface area contributed by atoms with Gasteiger partial charge in [-0.2, -0.15) is 0 Å². The summed E-state index contributed by atoms with van der Waals surface area (Å²) in [5.41, 5.74) is 12.9. The molecule has 0 bridgehead atoms. The van der Waals surface area contributed by atoms with Crippen molar-refractivity contribution in [3.05, 3.63) is 242 Å². The van der Waals surface area contributed by atoms with Crippen LogP contribution < -0.4 is 0 Å². The lowest BCUT2D eigenvalue weighted by molar-refractivity contribution is 0.591. The minimum absolute atomic E-state index is 0.0629. The third-order valence-electron chi connectivity index (χ3n) is 16.3. The number of fused-ring (bicyclic) bond motifs is 12. The van der Waals surface area contributed by atoms with E-state index in [1.807, 2.05) is 0 Å². The Balaban J connectivity index is 0.940. The molecule has 0 aliphatic carbocycles. The lowest BCUT2D eigenvalue weighted by atomic mass is 9.83. The molecular formula is C74H56. The molecule has 0 unspecified atom stereocenters. The molecule has 0 heteroatoms. The second-order valence-electron chi connectivity index (χ2n) is 22.8. The van der Waals surface area contributed by atoms with Crippen LogP contribution in [0.2, 0.25) is 0 Å². The summed E-state index contributed by atoms with van der Waals surface area (Å²) in [6.07, 6.45) is 0. The summed E-state index contributed by atoms with van der Waals surface area (Å²) in [4.78, 5) is 0. The van der Waals surface area contributed by atoms with Gasteiger partial charge in [-0.05, 0) is 194 Å². The Hall–Kier alpha value is -8.58. The minimum Gasteiger partial charge on any atom is -0.0616 e. The van der Waals surface area contributed by atoms with Crippen LogP contribution in [-0.4, -0.2) is 0 Å². The average molecular weight is 945 g/mol. The highest BCUT2D eigenvalue weighted by atomic mass is 14.3. The maximum absolute atomic E-state index is 2.46. The highest BCUT2D eigenvalue weighted by Crippen LogP contribution is 2.48. The molecule has 0 spiro atoms. The molecule has 0 nitrogen and oxygen atoms in total. The van der Waals surface area contributed by atoms with E-state index in [0.29, 0.717) is 0 Å². The Morgan fingerprint density at radius 1 is 0.189 bits per heavy atom. The zero-order valence-corrected chi connectivity index (χ0v) is 42.9. The summed E-state index contributed by atoms with van der Waals surface area (Å²) in [6, 6.07) is 87.6. The summed E-state index contributed by atoms with van der Waals surface area (Å²) >= 11 is 0. The molecule has 0 saturated heterocycles. The molecule has 14 aromatic rings. The predicted octanol–water partition coefficient (Wildman–Crippen LogP) is 21.3. The van der Waals surface area contributed by atoms with E-state index in [2.05, 4.69) is 272 Å². The molecule has 0 aliphatic rings. The second-order valence-corrected chi connectivity index (χ2v) is 22.8. The molecule has 0 aromatic heterocycles. The molecule has 14 aromatic carbocycles. The van der Waals surface area contributed by atoms with E-state index in [1.54, 1.807) is 0 Å². The van der Waals surface area contributed by atoms with E-state index in [1.165, 1.54) is 153 Å². The standard InChI is InChI=1S/C74H56/c1-73(2,3)53-35-33-46-29-32-49(41-52(46)42-53)71-61-21-11-9-19-59(61)69(60-20-10-12-22-62(60)71)47-30-27-45-28-31-48(40-51(45)39-47)70-63-23-13-15-25-65(63)72(66-26-16-14-24-64(66)70)50-34-37-57-58-38-36-54(74(4,5)6)44-68(58)56-18-8-7-17-55(56)67(57)43-50/h7-44H,1-6H3. The largest absolute Gasteiger partial charge is 0.0616 e. The molecule has 0 N–H and O–H groups in total. The van der Waals surface area contributed by atoms with Crippen molar-refractivity contribution in [1.82, 2.24) is 0 Å². The summed E-state index contributed by atoms with van der Waals surface area (Å²) in [5, 5.41) is 22.9. The third-order valence-corrected chi connectivity index (χ3v) is 16.3. The highest BCUT2D eigenvalue weighted by molar-refractivity contribution is 6.28. The van der Waals surface area contributed by atoms with Crippen LogP contribution in [0.1, 0.15) is 52.7 Å². The molecule has 352 valence electrons. The van der Waals surface area contributed by atoms with Crippen molar-refractivity contribution in [2.75, 3.05) is 0 Å². The summed E-state index contributed by atoms with van der Waals surface area (Å²) < 4.78 is 0. The monoisotopic (exact) mass is 944 g/mol. The number of rotatable bonds is 4. The topological polar surface area (TPSA) is 0 Å². The molecule has 0 heterocycles. The van der Waals surface area contributed by atoms with Gasteiger partial charge in [0.15, 0.2) is 0 Å². The first kappa shape index (κ1) is 44.1. The van der Waals surface area contributed by atoms with Crippen LogP contribution in [0, 0.1) is 0 Å². The van der Waals surface area contributed by atoms with Gasteiger partial charge in [-0.1, -0.05) is 242 Å². The van der Waals surface area contributed by atoms with Crippen LogP contribution in [0.4, 0.5) is 0 Å². The lowest BCUT2D eigenvalue weighted by Gasteiger charge is -2.21. The van der Waals surface area contributed by atoms with Crippen molar-refractivity contribution in [3.63, 3.8) is 0 Å². The zero-order chi connectivity index (χ0) is 50.0. The molecule has 0 radical (unpaired) electrons. The fraction of sp³-hybridized carbons (Fsp3) is 0.108. The Bertz CT molecular complexity index is 4530. The van der Waals surface area contributed by atoms with Crippen LogP contribution in [0.15, 0.2) is 231 Å². The van der Waals surface area contributed by atoms with E-state index in [9.17, 15) is 0 Å². The number of benzene rings is 14. The van der Waals surface area contributed by atoms with Crippen LogP contribution in [-0.2, 0) is 10.8 Å². The first-order valence-electron chi connectivity index (χ1n) is 26.3. The molecular weight excluding hydrogens is 889 g/mol. The van der Waals surface area contributed by atoms with Crippen molar-refractivity contribution in [1.29, 1.82) is 0 Å². The normalized spacial score (nSPS) is 12.5. The minimum atomic E-state index is 0.0629. The van der Waals surface area contributed by atoms with Crippen molar-refractivity contribution < 1.29 is 0 Å². The Morgan fingerprint density at radius 3 is 0.824 bits per heavy atom. The highest BCUT2D eigenvalue weighted by Gasteiger charge is 2.22. The van der Waals surface area contributed by atoms with Gasteiger partial charge in [0.1, 0.15) is 0 Å². The molecule has 0 aliphatic heterocycles. The van der Waals surface area contributed by atoms with Crippen LogP contribution >= 0.6 is 0 Å². The fourth-order valence-electron chi connectivity index (χ4n) is 12.5. The maximum Gasteiger partial charge on any atom is -0.00261 e. The quantitative estimate of drug-likeness (QED) is 0.122. The first-order valence-corrected chi connectivity index (χ1v) is 26.3. The van der Waals surface area contributed by atoms with Crippen LogP contribution in [0.3, 0.4) is 0 Å². The number of hydrogen-bond donors (Lipinski definition) is 0. The first-order chi connectivity index (χ1) is 36.0. The molecule has 0 saturated carbocycles. The summed E-state index contributed by atoms with van der Waals surface area (Å²) in [7, 11) is 0. The molecule has 0 atom stereocenters. The van der Waals surface area contributed by atoms with Crippen molar-refractivity contribution in [2.24, 2.45) is 0 Å². The zero-order valence-electron chi connectivity index (χ0n) is 42.9. The predicted molar refractivity (Wildman–Crippen MR) is 323 cm³/mol. The van der Waals surface area contributed by atoms with Gasteiger partial charge in [0.2, 0.25) is 0 Å². The number of hydrogen-bond acceptors (Lipinski definition) is 0. The van der Waals surface area contributed by atoms with Gasteiger partial charge in [-0.25, -0.2) is 0 Å². The SMILES string of the molecule is CC(C)(C)c1ccc2ccc(-c3c4ccccc4c(-c4ccc5ccc(-c6c7ccccc7c(-c7ccc8c9ccc(C(C)(C)C)cc9c9ccccc9c8c7)c7ccccc67)cc5c4)c4ccccc34)cc2c1. The van der Waals surface area contributed by atoms with E-state index in [-0.39, 0.29) is 10.8 Å². The maximum atomic E-state index is 2.46. The fourth-order valence-corrected chi connectivity index (χ4v) is 12.5. The van der Waals surface area contributed by atoms with Gasteiger partial charge < -0.3 is 0 Å². The summed E-state index contributed by atoms with van der Waals surface area (Å²) in [6.45, 7) is 13.8. The smallest absolute Gasteiger partial charge is 0.00261 e. The molecule has 74 heavy (non-hydrogen) atoms. The average Bonchev–Trinajstić information content (AvgIpc) is 3.47. The molecule has 14 rings (SSSR count). The Labute approximate surface area is 433 Å². The Kier molecular flexibility index (Phi) is 9.83. The van der Waals surface area contributed by atoms with E-state index in [0.717, 1.165) is 0 Å². The molecule has 0 fully saturated rings. The third kappa shape index (κ3) is 6.96. The molecule has 0 amide bonds. The van der Waals surface area contributed by atoms with Gasteiger partial charge in [-0.3, -0.25) is 0 Å². The van der Waals surface area contributed by atoms with Crippen molar-refractivity contribution in [3.8, 4) is 44.5 Å². The van der Waals surface area contributed by atoms with Gasteiger partial charge in [0, 0.05) is 0 Å². The van der Waals surface area contributed by atoms with Gasteiger partial charge >= 0.3 is 0 Å². The van der Waals surface area contributed by atoms with Gasteiger partial charge in [0.05, 0.1) is 0 Å². The lowest BCUT2D eigenvalue weighted by Crippen LogP contribution is -2.10. The van der Waals surface area contributed by atoms with Gasteiger partial charge in [0.25, 0.3) is 0 Å².